The Kier molecular flexibility index (Phi) is 11.3. The number of aliphatic hydroxyl groups is 2. The summed E-state index contributed by atoms with van der Waals surface area (Å²) in [5.74, 6) is -0.590. The maximum Gasteiger partial charge on any atom is 0.305 e. The van der Waals surface area contributed by atoms with E-state index < -0.39 is 0 Å². The highest BCUT2D eigenvalue weighted by atomic mass is 16.6. The van der Waals surface area contributed by atoms with Crippen LogP contribution in [0.25, 0.3) is 0 Å². The topological polar surface area (TPSA) is 85.2 Å². The fraction of sp³-hybridized carbons (Fsp3) is 0.909. The molecule has 6 heteroatoms. The van der Waals surface area contributed by atoms with Crippen LogP contribution in [0.1, 0.15) is 12.8 Å². The highest BCUT2D eigenvalue weighted by Crippen LogP contribution is 2.05. The number of methoxy groups -OCH3 is 1. The van der Waals surface area contributed by atoms with Crippen LogP contribution in [0.4, 0.5) is 0 Å². The van der Waals surface area contributed by atoms with Crippen LogP contribution in [-0.2, 0) is 19.0 Å². The molecule has 0 heterocycles. The van der Waals surface area contributed by atoms with Crippen LogP contribution in [0.15, 0.2) is 0 Å². The molecule has 0 fully saturated rings. The molecule has 0 saturated heterocycles. The number of aliphatic hydroxyl groups excluding tert-OH is 2. The molecule has 0 aliphatic heterocycles. The third-order valence-corrected chi connectivity index (χ3v) is 2.20. The second-order valence-corrected chi connectivity index (χ2v) is 3.60. The number of hydrogen-bond donors (Lipinski definition) is 2. The first-order chi connectivity index (χ1) is 8.24. The lowest BCUT2D eigenvalue weighted by atomic mass is 10.1. The van der Waals surface area contributed by atoms with Crippen molar-refractivity contribution >= 4 is 5.97 Å². The minimum absolute atomic E-state index is 0.121. The highest BCUT2D eigenvalue weighted by Gasteiger charge is 2.10. The molecule has 0 bridgehead atoms. The molecule has 2 N–H and O–H groups in total. The van der Waals surface area contributed by atoms with E-state index in [0.717, 1.165) is 0 Å². The Labute approximate surface area is 101 Å². The molecular weight excluding hydrogens is 228 g/mol. The van der Waals surface area contributed by atoms with Crippen LogP contribution in [-0.4, -0.2) is 62.9 Å². The molecule has 0 aromatic carbocycles. The SMILES string of the molecule is COCCOCCOC(=O)CCC(CO)CO. The quantitative estimate of drug-likeness (QED) is 0.382. The van der Waals surface area contributed by atoms with Gasteiger partial charge in [-0.1, -0.05) is 0 Å². The van der Waals surface area contributed by atoms with Gasteiger partial charge in [0, 0.05) is 32.7 Å². The maximum absolute atomic E-state index is 11.2. The molecule has 0 atom stereocenters. The van der Waals surface area contributed by atoms with Gasteiger partial charge in [-0.3, -0.25) is 4.79 Å². The number of carbonyl (C=O) groups is 1. The van der Waals surface area contributed by atoms with E-state index in [9.17, 15) is 4.79 Å². The van der Waals surface area contributed by atoms with Crippen molar-refractivity contribution in [1.82, 2.24) is 0 Å². The zero-order chi connectivity index (χ0) is 12.9. The first-order valence-electron chi connectivity index (χ1n) is 5.68. The maximum atomic E-state index is 11.2. The van der Waals surface area contributed by atoms with Crippen molar-refractivity contribution in [2.24, 2.45) is 5.92 Å². The molecule has 0 saturated carbocycles. The number of ether oxygens (including phenoxy) is 3. The predicted octanol–water partition coefficient (Wildman–Crippen LogP) is -0.426. The van der Waals surface area contributed by atoms with E-state index >= 15 is 0 Å². The number of carbonyl (C=O) groups excluding carboxylic acids is 1. The molecule has 0 aromatic heterocycles. The van der Waals surface area contributed by atoms with Crippen LogP contribution >= 0.6 is 0 Å². The summed E-state index contributed by atoms with van der Waals surface area (Å²) < 4.78 is 14.8. The number of hydrogen-bond acceptors (Lipinski definition) is 6. The summed E-state index contributed by atoms with van der Waals surface area (Å²) >= 11 is 0. The van der Waals surface area contributed by atoms with Gasteiger partial charge < -0.3 is 24.4 Å². The van der Waals surface area contributed by atoms with E-state index in [4.69, 9.17) is 24.4 Å². The van der Waals surface area contributed by atoms with Crippen LogP contribution in [0.5, 0.6) is 0 Å². The third kappa shape index (κ3) is 10.2. The second-order valence-electron chi connectivity index (χ2n) is 3.60. The molecule has 0 amide bonds. The summed E-state index contributed by atoms with van der Waals surface area (Å²) in [6, 6.07) is 0. The smallest absolute Gasteiger partial charge is 0.305 e. The molecule has 0 aromatic rings. The fourth-order valence-electron chi connectivity index (χ4n) is 1.09. The van der Waals surface area contributed by atoms with E-state index in [2.05, 4.69) is 0 Å². The van der Waals surface area contributed by atoms with Crippen molar-refractivity contribution in [3.8, 4) is 0 Å². The van der Waals surface area contributed by atoms with E-state index in [1.807, 2.05) is 0 Å². The zero-order valence-electron chi connectivity index (χ0n) is 10.3. The van der Waals surface area contributed by atoms with Gasteiger partial charge in [0.2, 0.25) is 0 Å². The summed E-state index contributed by atoms with van der Waals surface area (Å²) in [4.78, 5) is 11.2. The van der Waals surface area contributed by atoms with Gasteiger partial charge in [-0.2, -0.15) is 0 Å². The summed E-state index contributed by atoms with van der Waals surface area (Å²) in [7, 11) is 1.59. The summed E-state index contributed by atoms with van der Waals surface area (Å²) in [6.45, 7) is 1.31. The van der Waals surface area contributed by atoms with Crippen molar-refractivity contribution in [1.29, 1.82) is 0 Å². The molecule has 0 spiro atoms. The lowest BCUT2D eigenvalue weighted by Crippen LogP contribution is -2.16. The summed E-state index contributed by atoms with van der Waals surface area (Å²) in [5, 5.41) is 17.6. The van der Waals surface area contributed by atoms with Gasteiger partial charge in [-0.25, -0.2) is 0 Å². The first-order valence-corrected chi connectivity index (χ1v) is 5.68. The number of rotatable bonds is 11. The zero-order valence-corrected chi connectivity index (χ0v) is 10.3. The van der Waals surface area contributed by atoms with Crippen molar-refractivity contribution in [2.75, 3.05) is 46.8 Å². The van der Waals surface area contributed by atoms with Crippen molar-refractivity contribution in [3.63, 3.8) is 0 Å². The minimum Gasteiger partial charge on any atom is -0.463 e. The number of esters is 1. The van der Waals surface area contributed by atoms with E-state index in [-0.39, 0.29) is 38.1 Å². The summed E-state index contributed by atoms with van der Waals surface area (Å²) in [5.41, 5.74) is 0. The van der Waals surface area contributed by atoms with E-state index in [1.165, 1.54) is 0 Å². The van der Waals surface area contributed by atoms with Gasteiger partial charge in [-0.15, -0.1) is 0 Å². The largest absolute Gasteiger partial charge is 0.463 e. The fourth-order valence-corrected chi connectivity index (χ4v) is 1.09. The molecular formula is C11H22O6. The van der Waals surface area contributed by atoms with Gasteiger partial charge in [0.15, 0.2) is 0 Å². The van der Waals surface area contributed by atoms with E-state index in [0.29, 0.717) is 26.2 Å². The molecule has 0 radical (unpaired) electrons. The van der Waals surface area contributed by atoms with Crippen LogP contribution in [0.3, 0.4) is 0 Å². The van der Waals surface area contributed by atoms with Gasteiger partial charge in [-0.05, 0) is 6.42 Å². The average molecular weight is 250 g/mol. The van der Waals surface area contributed by atoms with Gasteiger partial charge >= 0.3 is 5.97 Å². The Morgan fingerprint density at radius 1 is 1.12 bits per heavy atom. The predicted molar refractivity (Wildman–Crippen MR) is 60.5 cm³/mol. The lowest BCUT2D eigenvalue weighted by Gasteiger charge is -2.10. The Bertz CT molecular complexity index is 181. The Morgan fingerprint density at radius 2 is 1.76 bits per heavy atom. The standard InChI is InChI=1S/C11H22O6/c1-15-4-5-16-6-7-17-11(14)3-2-10(8-12)9-13/h10,12-13H,2-9H2,1H3. The molecule has 102 valence electrons. The molecule has 0 aliphatic carbocycles. The highest BCUT2D eigenvalue weighted by molar-refractivity contribution is 5.69. The lowest BCUT2D eigenvalue weighted by molar-refractivity contribution is -0.145. The van der Waals surface area contributed by atoms with E-state index in [1.54, 1.807) is 7.11 Å². The van der Waals surface area contributed by atoms with Crippen molar-refractivity contribution in [2.45, 2.75) is 12.8 Å². The Hall–Kier alpha value is -0.690. The molecule has 17 heavy (non-hydrogen) atoms. The molecule has 0 unspecified atom stereocenters. The van der Waals surface area contributed by atoms with Crippen LogP contribution in [0.2, 0.25) is 0 Å². The molecule has 0 rings (SSSR count). The van der Waals surface area contributed by atoms with Crippen LogP contribution in [0, 0.1) is 5.92 Å². The average Bonchev–Trinajstić information content (AvgIpc) is 2.35. The van der Waals surface area contributed by atoms with Crippen LogP contribution < -0.4 is 0 Å². The molecule has 6 nitrogen and oxygen atoms in total. The van der Waals surface area contributed by atoms with Gasteiger partial charge in [0.25, 0.3) is 0 Å². The van der Waals surface area contributed by atoms with Gasteiger partial charge in [0.05, 0.1) is 19.8 Å². The minimum atomic E-state index is -0.341. The third-order valence-electron chi connectivity index (χ3n) is 2.20. The molecule has 0 aliphatic rings. The monoisotopic (exact) mass is 250 g/mol. The van der Waals surface area contributed by atoms with Crippen molar-refractivity contribution < 1.29 is 29.2 Å². The van der Waals surface area contributed by atoms with Gasteiger partial charge in [0.1, 0.15) is 6.61 Å². The Morgan fingerprint density at radius 3 is 2.35 bits per heavy atom. The summed E-state index contributed by atoms with van der Waals surface area (Å²) in [6.07, 6.45) is 0.625. The van der Waals surface area contributed by atoms with Crippen molar-refractivity contribution in [3.05, 3.63) is 0 Å². The Balaban J connectivity index is 3.34. The first kappa shape index (κ1) is 16.3. The normalized spacial score (nSPS) is 10.8. The second kappa shape index (κ2) is 11.8.